The average molecular weight is 243 g/mol. The maximum absolute atomic E-state index is 10.9. The van der Waals surface area contributed by atoms with Crippen molar-refractivity contribution in [3.05, 3.63) is 47.4 Å². The highest BCUT2D eigenvalue weighted by Crippen LogP contribution is 2.18. The molecule has 18 heavy (non-hydrogen) atoms. The third-order valence-electron chi connectivity index (χ3n) is 2.53. The van der Waals surface area contributed by atoms with Gasteiger partial charge in [-0.25, -0.2) is 14.8 Å². The average Bonchev–Trinajstić information content (AvgIpc) is 2.28. The summed E-state index contributed by atoms with van der Waals surface area (Å²) in [7, 11) is 0. The van der Waals surface area contributed by atoms with Crippen molar-refractivity contribution in [2.45, 2.75) is 13.8 Å². The smallest absolute Gasteiger partial charge is 0.335 e. The molecule has 0 radical (unpaired) electrons. The molecule has 0 saturated heterocycles. The van der Waals surface area contributed by atoms with E-state index in [1.54, 1.807) is 25.1 Å². The molecule has 1 aromatic carbocycles. The molecular formula is C13H13N3O2. The van der Waals surface area contributed by atoms with Crippen molar-refractivity contribution in [3.63, 3.8) is 0 Å². The first-order valence-electron chi connectivity index (χ1n) is 5.46. The van der Waals surface area contributed by atoms with Crippen LogP contribution in [0.2, 0.25) is 0 Å². The zero-order chi connectivity index (χ0) is 13.1. The highest BCUT2D eigenvalue weighted by Gasteiger charge is 2.07. The highest BCUT2D eigenvalue weighted by atomic mass is 16.4. The lowest BCUT2D eigenvalue weighted by molar-refractivity contribution is 0.0696. The molecule has 0 amide bonds. The van der Waals surface area contributed by atoms with E-state index in [9.17, 15) is 4.79 Å². The van der Waals surface area contributed by atoms with E-state index >= 15 is 0 Å². The van der Waals surface area contributed by atoms with Crippen LogP contribution in [0, 0.1) is 13.8 Å². The summed E-state index contributed by atoms with van der Waals surface area (Å²) in [6, 6.07) is 6.89. The Balaban J connectivity index is 2.25. The molecule has 0 unspecified atom stereocenters. The zero-order valence-electron chi connectivity index (χ0n) is 10.1. The standard InChI is InChI=1S/C13H13N3O2/c1-8-5-10(3-4-11(8)13(17)18)16-12-6-9(2)14-7-15-12/h3-7H,1-2H3,(H,17,18)(H,14,15,16). The summed E-state index contributed by atoms with van der Waals surface area (Å²) in [6.07, 6.45) is 1.48. The first kappa shape index (κ1) is 12.0. The number of carboxylic acid groups (broad SMARTS) is 1. The number of carbonyl (C=O) groups is 1. The Hall–Kier alpha value is -2.43. The number of hydrogen-bond acceptors (Lipinski definition) is 4. The second-order valence-corrected chi connectivity index (χ2v) is 4.00. The van der Waals surface area contributed by atoms with Crippen LogP contribution in [0.4, 0.5) is 11.5 Å². The number of nitrogens with zero attached hydrogens (tertiary/aromatic N) is 2. The molecule has 2 N–H and O–H groups in total. The number of benzene rings is 1. The fourth-order valence-electron chi connectivity index (χ4n) is 1.65. The van der Waals surface area contributed by atoms with E-state index in [4.69, 9.17) is 5.11 Å². The molecule has 0 aliphatic rings. The van der Waals surface area contributed by atoms with Crippen LogP contribution < -0.4 is 5.32 Å². The second kappa shape index (κ2) is 4.83. The second-order valence-electron chi connectivity index (χ2n) is 4.00. The number of rotatable bonds is 3. The lowest BCUT2D eigenvalue weighted by Crippen LogP contribution is -2.01. The van der Waals surface area contributed by atoms with Gasteiger partial charge in [0.2, 0.25) is 0 Å². The quantitative estimate of drug-likeness (QED) is 0.866. The fourth-order valence-corrected chi connectivity index (χ4v) is 1.65. The van der Waals surface area contributed by atoms with Gasteiger partial charge in [0.1, 0.15) is 12.1 Å². The van der Waals surface area contributed by atoms with Gasteiger partial charge >= 0.3 is 5.97 Å². The van der Waals surface area contributed by atoms with E-state index in [2.05, 4.69) is 15.3 Å². The number of aryl methyl sites for hydroxylation is 2. The summed E-state index contributed by atoms with van der Waals surface area (Å²) in [5.74, 6) is -0.234. The van der Waals surface area contributed by atoms with Crippen molar-refractivity contribution < 1.29 is 9.90 Å². The van der Waals surface area contributed by atoms with Crippen molar-refractivity contribution in [3.8, 4) is 0 Å². The van der Waals surface area contributed by atoms with Crippen LogP contribution in [0.15, 0.2) is 30.6 Å². The fraction of sp³-hybridized carbons (Fsp3) is 0.154. The van der Waals surface area contributed by atoms with Crippen molar-refractivity contribution in [2.75, 3.05) is 5.32 Å². The van der Waals surface area contributed by atoms with Crippen molar-refractivity contribution in [2.24, 2.45) is 0 Å². The van der Waals surface area contributed by atoms with Crippen LogP contribution in [0.25, 0.3) is 0 Å². The van der Waals surface area contributed by atoms with E-state index < -0.39 is 5.97 Å². The monoisotopic (exact) mass is 243 g/mol. The van der Waals surface area contributed by atoms with E-state index in [-0.39, 0.29) is 0 Å². The third kappa shape index (κ3) is 2.63. The van der Waals surface area contributed by atoms with Crippen molar-refractivity contribution in [1.29, 1.82) is 0 Å². The SMILES string of the molecule is Cc1cc(Nc2ccc(C(=O)O)c(C)c2)ncn1. The van der Waals surface area contributed by atoms with Crippen LogP contribution in [0.3, 0.4) is 0 Å². The maximum atomic E-state index is 10.9. The van der Waals surface area contributed by atoms with E-state index in [0.717, 1.165) is 11.4 Å². The van der Waals surface area contributed by atoms with E-state index in [0.29, 0.717) is 16.9 Å². The van der Waals surface area contributed by atoms with Gasteiger partial charge in [0.05, 0.1) is 5.56 Å². The minimum Gasteiger partial charge on any atom is -0.478 e. The molecule has 0 atom stereocenters. The molecule has 0 aliphatic carbocycles. The molecule has 2 rings (SSSR count). The van der Waals surface area contributed by atoms with Crippen molar-refractivity contribution >= 4 is 17.5 Å². The zero-order valence-corrected chi connectivity index (χ0v) is 10.1. The van der Waals surface area contributed by atoms with Crippen LogP contribution in [0.5, 0.6) is 0 Å². The van der Waals surface area contributed by atoms with Gasteiger partial charge in [0, 0.05) is 17.4 Å². The number of aromatic nitrogens is 2. The van der Waals surface area contributed by atoms with Gasteiger partial charge in [-0.2, -0.15) is 0 Å². The Morgan fingerprint density at radius 3 is 2.61 bits per heavy atom. The summed E-state index contributed by atoms with van der Waals surface area (Å²) in [4.78, 5) is 19.0. The molecule has 5 heteroatoms. The van der Waals surface area contributed by atoms with Gasteiger partial charge in [-0.15, -0.1) is 0 Å². The van der Waals surface area contributed by atoms with Gasteiger partial charge < -0.3 is 10.4 Å². The normalized spacial score (nSPS) is 10.1. The molecule has 0 spiro atoms. The minimum atomic E-state index is -0.920. The van der Waals surface area contributed by atoms with Gasteiger partial charge in [-0.1, -0.05) is 0 Å². The summed E-state index contributed by atoms with van der Waals surface area (Å²) >= 11 is 0. The summed E-state index contributed by atoms with van der Waals surface area (Å²) < 4.78 is 0. The number of hydrogen-bond donors (Lipinski definition) is 2. The Bertz CT molecular complexity index is 597. The molecule has 2 aromatic rings. The molecule has 92 valence electrons. The van der Waals surface area contributed by atoms with Crippen LogP contribution in [-0.4, -0.2) is 21.0 Å². The topological polar surface area (TPSA) is 75.1 Å². The Kier molecular flexibility index (Phi) is 3.23. The highest BCUT2D eigenvalue weighted by molar-refractivity contribution is 5.90. The largest absolute Gasteiger partial charge is 0.478 e. The number of carboxylic acids is 1. The Morgan fingerprint density at radius 1 is 1.22 bits per heavy atom. The molecular weight excluding hydrogens is 230 g/mol. The predicted molar refractivity (Wildman–Crippen MR) is 68.2 cm³/mol. The van der Waals surface area contributed by atoms with Gasteiger partial charge in [-0.3, -0.25) is 0 Å². The van der Waals surface area contributed by atoms with Gasteiger partial charge in [0.25, 0.3) is 0 Å². The lowest BCUT2D eigenvalue weighted by Gasteiger charge is -2.08. The first-order chi connectivity index (χ1) is 8.56. The molecule has 0 aliphatic heterocycles. The number of nitrogens with one attached hydrogen (secondary N) is 1. The third-order valence-corrected chi connectivity index (χ3v) is 2.53. The molecule has 1 aromatic heterocycles. The molecule has 5 nitrogen and oxygen atoms in total. The minimum absolute atomic E-state index is 0.305. The number of anilines is 2. The molecule has 0 saturated carbocycles. The van der Waals surface area contributed by atoms with Crippen LogP contribution in [0.1, 0.15) is 21.6 Å². The van der Waals surface area contributed by atoms with Crippen LogP contribution >= 0.6 is 0 Å². The van der Waals surface area contributed by atoms with E-state index in [1.807, 2.05) is 13.0 Å². The number of aromatic carboxylic acids is 1. The maximum Gasteiger partial charge on any atom is 0.335 e. The predicted octanol–water partition coefficient (Wildman–Crippen LogP) is 2.54. The molecule has 0 fully saturated rings. The van der Waals surface area contributed by atoms with Crippen molar-refractivity contribution in [1.82, 2.24) is 9.97 Å². The summed E-state index contributed by atoms with van der Waals surface area (Å²) in [5, 5.41) is 12.0. The lowest BCUT2D eigenvalue weighted by atomic mass is 10.1. The molecule has 0 bridgehead atoms. The van der Waals surface area contributed by atoms with Crippen LogP contribution in [-0.2, 0) is 0 Å². The summed E-state index contributed by atoms with van der Waals surface area (Å²) in [5.41, 5.74) is 2.68. The van der Waals surface area contributed by atoms with Gasteiger partial charge in [0.15, 0.2) is 0 Å². The summed E-state index contributed by atoms with van der Waals surface area (Å²) in [6.45, 7) is 3.64. The first-order valence-corrected chi connectivity index (χ1v) is 5.46. The Labute approximate surface area is 105 Å². The Morgan fingerprint density at radius 2 is 2.00 bits per heavy atom. The van der Waals surface area contributed by atoms with Gasteiger partial charge in [-0.05, 0) is 37.6 Å². The molecule has 1 heterocycles. The van der Waals surface area contributed by atoms with E-state index in [1.165, 1.54) is 6.33 Å².